The van der Waals surface area contributed by atoms with E-state index in [2.05, 4.69) is 10.2 Å². The third-order valence-electron chi connectivity index (χ3n) is 2.89. The molecular formula is C14H16N2O5. The molecule has 0 saturated heterocycles. The van der Waals surface area contributed by atoms with E-state index in [1.807, 2.05) is 0 Å². The van der Waals surface area contributed by atoms with Crippen molar-refractivity contribution in [2.24, 2.45) is 0 Å². The summed E-state index contributed by atoms with van der Waals surface area (Å²) in [4.78, 5) is 10.5. The van der Waals surface area contributed by atoms with Gasteiger partial charge < -0.3 is 19.0 Å². The van der Waals surface area contributed by atoms with Crippen molar-refractivity contribution in [1.29, 1.82) is 0 Å². The Hall–Kier alpha value is -2.57. The molecule has 1 aromatic carbocycles. The highest BCUT2D eigenvalue weighted by molar-refractivity contribution is 5.70. The zero-order chi connectivity index (χ0) is 15.2. The first-order chi connectivity index (χ1) is 10.2. The Bertz CT molecular complexity index is 601. The predicted molar refractivity (Wildman–Crippen MR) is 73.4 cm³/mol. The molecule has 1 N–H and O–H groups in total. The molecule has 0 spiro atoms. The van der Waals surface area contributed by atoms with Gasteiger partial charge in [-0.15, -0.1) is 10.2 Å². The SMILES string of the molecule is COc1cccc(OC)c1-c1nnc(CCCC(=O)O)o1. The number of nitrogens with zero attached hydrogens (tertiary/aromatic N) is 2. The second-order valence-electron chi connectivity index (χ2n) is 4.29. The molecule has 1 heterocycles. The lowest BCUT2D eigenvalue weighted by Gasteiger charge is -2.09. The van der Waals surface area contributed by atoms with Gasteiger partial charge in [0.05, 0.1) is 14.2 Å². The minimum Gasteiger partial charge on any atom is -0.496 e. The molecule has 2 aromatic rings. The van der Waals surface area contributed by atoms with E-state index in [0.717, 1.165) is 0 Å². The van der Waals surface area contributed by atoms with Gasteiger partial charge >= 0.3 is 5.97 Å². The van der Waals surface area contributed by atoms with Crippen LogP contribution in [0.1, 0.15) is 18.7 Å². The monoisotopic (exact) mass is 292 g/mol. The Morgan fingerprint density at radius 2 is 1.90 bits per heavy atom. The zero-order valence-corrected chi connectivity index (χ0v) is 11.8. The van der Waals surface area contributed by atoms with Crippen molar-refractivity contribution < 1.29 is 23.8 Å². The van der Waals surface area contributed by atoms with Gasteiger partial charge in [-0.05, 0) is 18.6 Å². The number of aliphatic carboxylic acids is 1. The summed E-state index contributed by atoms with van der Waals surface area (Å²) in [6, 6.07) is 5.34. The number of carboxylic acid groups (broad SMARTS) is 1. The number of rotatable bonds is 7. The molecule has 0 bridgehead atoms. The van der Waals surface area contributed by atoms with Crippen molar-refractivity contribution >= 4 is 5.97 Å². The van der Waals surface area contributed by atoms with Crippen LogP contribution in [0.2, 0.25) is 0 Å². The first kappa shape index (κ1) is 14.8. The Morgan fingerprint density at radius 3 is 2.48 bits per heavy atom. The molecule has 0 radical (unpaired) electrons. The largest absolute Gasteiger partial charge is 0.496 e. The highest BCUT2D eigenvalue weighted by Crippen LogP contribution is 2.37. The summed E-state index contributed by atoms with van der Waals surface area (Å²) in [5, 5.41) is 16.5. The summed E-state index contributed by atoms with van der Waals surface area (Å²) in [7, 11) is 3.09. The fraction of sp³-hybridized carbons (Fsp3) is 0.357. The van der Waals surface area contributed by atoms with Gasteiger partial charge in [-0.2, -0.15) is 0 Å². The number of benzene rings is 1. The lowest BCUT2D eigenvalue weighted by Crippen LogP contribution is -1.95. The summed E-state index contributed by atoms with van der Waals surface area (Å²) in [6.07, 6.45) is 0.923. The van der Waals surface area contributed by atoms with Crippen LogP contribution in [0.15, 0.2) is 22.6 Å². The first-order valence-electron chi connectivity index (χ1n) is 6.41. The van der Waals surface area contributed by atoms with Gasteiger partial charge in [-0.25, -0.2) is 0 Å². The van der Waals surface area contributed by atoms with Crippen LogP contribution in [0.25, 0.3) is 11.5 Å². The summed E-state index contributed by atoms with van der Waals surface area (Å²) in [6.45, 7) is 0. The average Bonchev–Trinajstić information content (AvgIpc) is 2.94. The maximum absolute atomic E-state index is 10.5. The average molecular weight is 292 g/mol. The van der Waals surface area contributed by atoms with Gasteiger partial charge in [0.15, 0.2) is 0 Å². The van der Waals surface area contributed by atoms with Crippen molar-refractivity contribution in [3.05, 3.63) is 24.1 Å². The molecular weight excluding hydrogens is 276 g/mol. The van der Waals surface area contributed by atoms with E-state index >= 15 is 0 Å². The molecule has 2 rings (SSSR count). The van der Waals surface area contributed by atoms with Crippen molar-refractivity contribution in [2.45, 2.75) is 19.3 Å². The summed E-state index contributed by atoms with van der Waals surface area (Å²) >= 11 is 0. The number of aromatic nitrogens is 2. The number of carboxylic acids is 1. The van der Waals surface area contributed by atoms with E-state index in [1.54, 1.807) is 32.4 Å². The lowest BCUT2D eigenvalue weighted by atomic mass is 10.1. The third kappa shape index (κ3) is 3.50. The quantitative estimate of drug-likeness (QED) is 0.835. The summed E-state index contributed by atoms with van der Waals surface area (Å²) in [5.74, 6) is 0.958. The predicted octanol–water partition coefficient (Wildman–Crippen LogP) is 2.16. The number of hydrogen-bond donors (Lipinski definition) is 1. The molecule has 0 aliphatic carbocycles. The molecule has 7 heteroatoms. The van der Waals surface area contributed by atoms with Crippen LogP contribution >= 0.6 is 0 Å². The van der Waals surface area contributed by atoms with Gasteiger partial charge in [0.2, 0.25) is 5.89 Å². The van der Waals surface area contributed by atoms with Crippen LogP contribution in [-0.2, 0) is 11.2 Å². The Labute approximate surface area is 121 Å². The van der Waals surface area contributed by atoms with Crippen LogP contribution in [0.5, 0.6) is 11.5 Å². The number of aryl methyl sites for hydroxylation is 1. The van der Waals surface area contributed by atoms with E-state index in [0.29, 0.717) is 35.8 Å². The Kier molecular flexibility index (Phi) is 4.76. The van der Waals surface area contributed by atoms with Crippen LogP contribution in [0.3, 0.4) is 0 Å². The standard InChI is InChI=1S/C14H16N2O5/c1-19-9-5-3-6-10(20-2)13(9)14-16-15-11(21-14)7-4-8-12(17)18/h3,5-6H,4,7-8H2,1-2H3,(H,17,18). The molecule has 0 fully saturated rings. The minimum absolute atomic E-state index is 0.0652. The van der Waals surface area contributed by atoms with E-state index < -0.39 is 5.97 Å². The highest BCUT2D eigenvalue weighted by atomic mass is 16.5. The van der Waals surface area contributed by atoms with Crippen molar-refractivity contribution in [3.63, 3.8) is 0 Å². The highest BCUT2D eigenvalue weighted by Gasteiger charge is 2.18. The molecule has 0 aliphatic heterocycles. The van der Waals surface area contributed by atoms with Gasteiger partial charge in [0.1, 0.15) is 17.1 Å². The van der Waals surface area contributed by atoms with Gasteiger partial charge in [-0.3, -0.25) is 4.79 Å². The van der Waals surface area contributed by atoms with Crippen LogP contribution in [0, 0.1) is 0 Å². The minimum atomic E-state index is -0.846. The molecule has 7 nitrogen and oxygen atoms in total. The number of ether oxygens (including phenoxy) is 2. The topological polar surface area (TPSA) is 94.7 Å². The maximum atomic E-state index is 10.5. The Morgan fingerprint density at radius 1 is 1.24 bits per heavy atom. The molecule has 0 aliphatic rings. The second-order valence-corrected chi connectivity index (χ2v) is 4.29. The summed E-state index contributed by atoms with van der Waals surface area (Å²) in [5.41, 5.74) is 0.583. The Balaban J connectivity index is 2.23. The third-order valence-corrected chi connectivity index (χ3v) is 2.89. The maximum Gasteiger partial charge on any atom is 0.303 e. The van der Waals surface area contributed by atoms with E-state index in [-0.39, 0.29) is 12.3 Å². The smallest absolute Gasteiger partial charge is 0.303 e. The van der Waals surface area contributed by atoms with E-state index in [4.69, 9.17) is 19.0 Å². The second kappa shape index (κ2) is 6.74. The normalized spacial score (nSPS) is 10.4. The van der Waals surface area contributed by atoms with Crippen LogP contribution in [0.4, 0.5) is 0 Å². The van der Waals surface area contributed by atoms with E-state index in [1.165, 1.54) is 0 Å². The van der Waals surface area contributed by atoms with Crippen molar-refractivity contribution in [1.82, 2.24) is 10.2 Å². The first-order valence-corrected chi connectivity index (χ1v) is 6.41. The van der Waals surface area contributed by atoms with Crippen LogP contribution in [-0.4, -0.2) is 35.5 Å². The number of carbonyl (C=O) groups is 1. The zero-order valence-electron chi connectivity index (χ0n) is 11.8. The fourth-order valence-electron chi connectivity index (χ4n) is 1.91. The number of hydrogen-bond acceptors (Lipinski definition) is 6. The fourth-order valence-corrected chi connectivity index (χ4v) is 1.91. The molecule has 0 atom stereocenters. The molecule has 21 heavy (non-hydrogen) atoms. The molecule has 0 saturated carbocycles. The molecule has 1 aromatic heterocycles. The molecule has 0 unspecified atom stereocenters. The number of methoxy groups -OCH3 is 2. The van der Waals surface area contributed by atoms with Gasteiger partial charge in [0, 0.05) is 12.8 Å². The van der Waals surface area contributed by atoms with E-state index in [9.17, 15) is 4.79 Å². The van der Waals surface area contributed by atoms with Crippen molar-refractivity contribution in [2.75, 3.05) is 14.2 Å². The molecule has 112 valence electrons. The lowest BCUT2D eigenvalue weighted by molar-refractivity contribution is -0.137. The van der Waals surface area contributed by atoms with Crippen molar-refractivity contribution in [3.8, 4) is 23.0 Å². The van der Waals surface area contributed by atoms with Gasteiger partial charge in [0.25, 0.3) is 5.89 Å². The van der Waals surface area contributed by atoms with Crippen LogP contribution < -0.4 is 9.47 Å². The molecule has 0 amide bonds. The summed E-state index contributed by atoms with van der Waals surface area (Å²) < 4.78 is 16.1. The van der Waals surface area contributed by atoms with Gasteiger partial charge in [-0.1, -0.05) is 6.07 Å².